The van der Waals surface area contributed by atoms with Crippen molar-refractivity contribution in [1.29, 1.82) is 0 Å². The highest BCUT2D eigenvalue weighted by Gasteiger charge is 2.47. The van der Waals surface area contributed by atoms with Gasteiger partial charge in [-0.25, -0.2) is 0 Å². The highest BCUT2D eigenvalue weighted by molar-refractivity contribution is 5.80. The lowest BCUT2D eigenvalue weighted by Gasteiger charge is -2.41. The molecule has 0 aromatic heterocycles. The van der Waals surface area contributed by atoms with Crippen LogP contribution in [0.15, 0.2) is 72.9 Å². The van der Waals surface area contributed by atoms with Crippen molar-refractivity contribution in [2.45, 2.75) is 327 Å². The van der Waals surface area contributed by atoms with Crippen LogP contribution in [0.25, 0.3) is 0 Å². The Bertz CT molecular complexity index is 1540. The maximum absolute atomic E-state index is 13.4. The fourth-order valence-electron chi connectivity index (χ4n) is 9.69. The van der Waals surface area contributed by atoms with Crippen molar-refractivity contribution in [3.63, 3.8) is 0 Å². The van der Waals surface area contributed by atoms with E-state index in [-0.39, 0.29) is 19.4 Å². The molecule has 6 N–H and O–H groups in total. The Balaban J connectivity index is 2.64. The Kier molecular flexibility index (Phi) is 51.3. The van der Waals surface area contributed by atoms with Crippen LogP contribution in [-0.2, 0) is 23.8 Å². The first-order valence-electron chi connectivity index (χ1n) is 32.2. The van der Waals surface area contributed by atoms with Gasteiger partial charge in [0.15, 0.2) is 12.4 Å². The minimum Gasteiger partial charge on any atom is -0.454 e. The molecule has 1 aliphatic rings. The molecule has 11 nitrogen and oxygen atoms in total. The van der Waals surface area contributed by atoms with Gasteiger partial charge >= 0.3 is 5.97 Å². The van der Waals surface area contributed by atoms with Gasteiger partial charge < -0.3 is 45.1 Å². The fraction of sp³-hybridized carbons (Fsp3) is 0.791. The Morgan fingerprint density at radius 1 is 0.500 bits per heavy atom. The van der Waals surface area contributed by atoms with E-state index in [1.165, 1.54) is 116 Å². The number of hydrogen-bond acceptors (Lipinski definition) is 10. The molecule has 0 bridgehead atoms. The van der Waals surface area contributed by atoms with Crippen molar-refractivity contribution in [2.75, 3.05) is 13.2 Å². The zero-order valence-electron chi connectivity index (χ0n) is 50.0. The Labute approximate surface area is 477 Å². The number of amides is 1. The van der Waals surface area contributed by atoms with Crippen LogP contribution in [0.1, 0.15) is 278 Å². The molecule has 78 heavy (non-hydrogen) atoms. The number of nitrogens with one attached hydrogen (secondary N) is 1. The van der Waals surface area contributed by atoms with Crippen LogP contribution in [-0.4, -0.2) is 99.6 Å². The summed E-state index contributed by atoms with van der Waals surface area (Å²) in [6.45, 7) is 5.74. The van der Waals surface area contributed by atoms with Gasteiger partial charge in [-0.2, -0.15) is 0 Å². The molecule has 0 spiro atoms. The first kappa shape index (κ1) is 73.1. The second-order valence-electron chi connectivity index (χ2n) is 22.1. The van der Waals surface area contributed by atoms with E-state index in [0.717, 1.165) is 116 Å². The van der Waals surface area contributed by atoms with Gasteiger partial charge in [-0.1, -0.05) is 248 Å². The monoisotopic (exact) mass is 1100 g/mol. The summed E-state index contributed by atoms with van der Waals surface area (Å²) in [4.78, 5) is 26.6. The quantitative estimate of drug-likeness (QED) is 0.0195. The standard InChI is InChI=1S/C67H119NO10/c1-4-7-10-13-16-19-22-25-27-28-29-30-31-32-33-34-35-37-40-43-46-49-52-55-62(72)78-65-64(74)63(73)61(56-69)77-67(65)76-57-58(59(70)53-50-47-44-41-38-24-21-18-15-12-9-6-3)68-66(75)60(71)54-51-48-45-42-39-36-26-23-20-17-14-11-8-5-2/h16,19-20,23,25,27,29-30,32-33,50,53,58-61,63-65,67,69-71,73-74H,4-15,17-18,21-22,24,26,28,31,34-49,51-52,54-57H2,1-3H3,(H,68,75)/b19-16-,23-20-,27-25-,30-29-,33-32-,53-50+. The van der Waals surface area contributed by atoms with Gasteiger partial charge in [0.05, 0.1) is 25.4 Å². The molecule has 1 aliphatic heterocycles. The summed E-state index contributed by atoms with van der Waals surface area (Å²) in [7, 11) is 0. The van der Waals surface area contributed by atoms with Crippen molar-refractivity contribution in [2.24, 2.45) is 0 Å². The minimum atomic E-state index is -1.62. The van der Waals surface area contributed by atoms with Crippen LogP contribution in [0, 0.1) is 0 Å². The SMILES string of the molecule is CCCCC/C=C\C/C=C\C/C=C\C/C=C\CCCCCCCCCC(=O)OC1C(OCC(NC(=O)C(O)CCCCCCCC/C=C\CCCCCC)C(O)/C=C/CCCCCCCCCCCC)OC(CO)C(O)C1O. The van der Waals surface area contributed by atoms with Gasteiger partial charge in [-0.15, -0.1) is 0 Å². The molecule has 8 unspecified atom stereocenters. The van der Waals surface area contributed by atoms with Crippen LogP contribution in [0.2, 0.25) is 0 Å². The topological polar surface area (TPSA) is 175 Å². The molecule has 1 heterocycles. The summed E-state index contributed by atoms with van der Waals surface area (Å²) in [5.74, 6) is -1.21. The highest BCUT2D eigenvalue weighted by atomic mass is 16.7. The third kappa shape index (κ3) is 42.0. The number of carbonyl (C=O) groups is 2. The molecule has 1 amide bonds. The number of ether oxygens (including phenoxy) is 3. The van der Waals surface area contributed by atoms with E-state index in [2.05, 4.69) is 86.8 Å². The molecule has 0 aromatic carbocycles. The highest BCUT2D eigenvalue weighted by Crippen LogP contribution is 2.26. The van der Waals surface area contributed by atoms with Crippen molar-refractivity contribution in [3.05, 3.63) is 72.9 Å². The number of aliphatic hydroxyl groups is 5. The molecule has 1 fully saturated rings. The third-order valence-corrected chi connectivity index (χ3v) is 14.8. The lowest BCUT2D eigenvalue weighted by atomic mass is 9.99. The summed E-state index contributed by atoms with van der Waals surface area (Å²) in [6, 6.07) is -1.03. The number of hydrogen-bond donors (Lipinski definition) is 6. The van der Waals surface area contributed by atoms with Crippen molar-refractivity contribution in [1.82, 2.24) is 5.32 Å². The predicted molar refractivity (Wildman–Crippen MR) is 324 cm³/mol. The number of aliphatic hydroxyl groups excluding tert-OH is 5. The second-order valence-corrected chi connectivity index (χ2v) is 22.1. The Morgan fingerprint density at radius 2 is 0.885 bits per heavy atom. The normalized spacial score (nSPS) is 19.4. The van der Waals surface area contributed by atoms with E-state index in [1.54, 1.807) is 6.08 Å². The predicted octanol–water partition coefficient (Wildman–Crippen LogP) is 15.6. The second kappa shape index (κ2) is 54.7. The van der Waals surface area contributed by atoms with Gasteiger partial charge in [0.1, 0.15) is 24.4 Å². The van der Waals surface area contributed by atoms with Crippen molar-refractivity contribution in [3.8, 4) is 0 Å². The first-order chi connectivity index (χ1) is 38.2. The zero-order chi connectivity index (χ0) is 56.8. The largest absolute Gasteiger partial charge is 0.454 e. The van der Waals surface area contributed by atoms with Gasteiger partial charge in [-0.05, 0) is 96.3 Å². The van der Waals surface area contributed by atoms with E-state index in [0.29, 0.717) is 12.8 Å². The number of rotatable bonds is 54. The summed E-state index contributed by atoms with van der Waals surface area (Å²) in [5.41, 5.74) is 0. The number of esters is 1. The number of carbonyl (C=O) groups excluding carboxylic acids is 2. The lowest BCUT2D eigenvalue weighted by Crippen LogP contribution is -2.61. The summed E-state index contributed by atoms with van der Waals surface area (Å²) in [5, 5.41) is 57.0. The molecular formula is C67H119NO10. The van der Waals surface area contributed by atoms with Gasteiger partial charge in [-0.3, -0.25) is 9.59 Å². The van der Waals surface area contributed by atoms with Gasteiger partial charge in [0.25, 0.3) is 0 Å². The van der Waals surface area contributed by atoms with E-state index in [9.17, 15) is 35.1 Å². The average molecular weight is 1100 g/mol. The third-order valence-electron chi connectivity index (χ3n) is 14.8. The molecule has 452 valence electrons. The zero-order valence-corrected chi connectivity index (χ0v) is 50.0. The summed E-state index contributed by atoms with van der Waals surface area (Å²) >= 11 is 0. The molecule has 0 radical (unpaired) electrons. The molecule has 0 aromatic rings. The maximum Gasteiger partial charge on any atom is 0.306 e. The van der Waals surface area contributed by atoms with Crippen molar-refractivity contribution < 1.29 is 49.3 Å². The Morgan fingerprint density at radius 3 is 1.37 bits per heavy atom. The molecule has 11 heteroatoms. The van der Waals surface area contributed by atoms with E-state index in [1.807, 2.05) is 6.08 Å². The Hall–Kier alpha value is -2.90. The summed E-state index contributed by atoms with van der Waals surface area (Å²) < 4.78 is 17.6. The molecule has 0 saturated carbocycles. The summed E-state index contributed by atoms with van der Waals surface area (Å²) in [6.07, 6.45) is 59.3. The van der Waals surface area contributed by atoms with Gasteiger partial charge in [0.2, 0.25) is 5.91 Å². The smallest absolute Gasteiger partial charge is 0.306 e. The lowest BCUT2D eigenvalue weighted by molar-refractivity contribution is -0.305. The molecule has 1 saturated heterocycles. The van der Waals surface area contributed by atoms with Gasteiger partial charge in [0, 0.05) is 6.42 Å². The fourth-order valence-corrected chi connectivity index (χ4v) is 9.69. The van der Waals surface area contributed by atoms with E-state index in [4.69, 9.17) is 14.2 Å². The van der Waals surface area contributed by atoms with Crippen LogP contribution in [0.5, 0.6) is 0 Å². The number of unbranched alkanes of at least 4 members (excludes halogenated alkanes) is 30. The van der Waals surface area contributed by atoms with Crippen LogP contribution < -0.4 is 5.32 Å². The first-order valence-corrected chi connectivity index (χ1v) is 32.2. The minimum absolute atomic E-state index is 0.109. The molecular weight excluding hydrogens is 979 g/mol. The molecule has 8 atom stereocenters. The van der Waals surface area contributed by atoms with Crippen LogP contribution >= 0.6 is 0 Å². The van der Waals surface area contributed by atoms with E-state index >= 15 is 0 Å². The molecule has 0 aliphatic carbocycles. The van der Waals surface area contributed by atoms with Crippen LogP contribution in [0.4, 0.5) is 0 Å². The maximum atomic E-state index is 13.4. The number of allylic oxidation sites excluding steroid dienone is 11. The average Bonchev–Trinajstić information content (AvgIpc) is 3.45. The molecule has 1 rings (SSSR count). The van der Waals surface area contributed by atoms with Crippen molar-refractivity contribution >= 4 is 11.9 Å². The van der Waals surface area contributed by atoms with Crippen LogP contribution in [0.3, 0.4) is 0 Å². The van der Waals surface area contributed by atoms with E-state index < -0.39 is 67.4 Å².